The Kier molecular flexibility index (Phi) is 6.90. The number of rotatable bonds is 4. The summed E-state index contributed by atoms with van der Waals surface area (Å²) < 4.78 is 6.09. The lowest BCUT2D eigenvalue weighted by Gasteiger charge is -2.38. The molecule has 164 valence electrons. The van der Waals surface area contributed by atoms with Crippen molar-refractivity contribution in [1.29, 1.82) is 0 Å². The summed E-state index contributed by atoms with van der Waals surface area (Å²) in [6.45, 7) is 7.88. The first-order valence-electron chi connectivity index (χ1n) is 11.3. The van der Waals surface area contributed by atoms with Gasteiger partial charge >= 0.3 is 0 Å². The molecule has 7 nitrogen and oxygen atoms in total. The summed E-state index contributed by atoms with van der Waals surface area (Å²) in [6.07, 6.45) is 6.94. The van der Waals surface area contributed by atoms with Crippen LogP contribution in [0.3, 0.4) is 0 Å². The van der Waals surface area contributed by atoms with Gasteiger partial charge in [-0.25, -0.2) is 0 Å². The molecule has 1 saturated carbocycles. The van der Waals surface area contributed by atoms with E-state index in [0.717, 1.165) is 71.2 Å². The first kappa shape index (κ1) is 21.6. The van der Waals surface area contributed by atoms with Gasteiger partial charge in [0, 0.05) is 77.2 Å². The highest BCUT2D eigenvalue weighted by molar-refractivity contribution is 14.0. The molecule has 0 aromatic rings. The van der Waals surface area contributed by atoms with Crippen molar-refractivity contribution in [2.45, 2.75) is 44.3 Å². The highest BCUT2D eigenvalue weighted by Crippen LogP contribution is 2.47. The second-order valence-electron chi connectivity index (χ2n) is 9.29. The van der Waals surface area contributed by atoms with E-state index in [1.165, 1.54) is 19.3 Å². The van der Waals surface area contributed by atoms with Crippen molar-refractivity contribution >= 4 is 35.8 Å². The maximum Gasteiger partial charge on any atom is 0.225 e. The van der Waals surface area contributed by atoms with Crippen molar-refractivity contribution in [3.05, 3.63) is 0 Å². The Morgan fingerprint density at radius 2 is 1.66 bits per heavy atom. The van der Waals surface area contributed by atoms with Crippen LogP contribution in [0.15, 0.2) is 4.99 Å². The van der Waals surface area contributed by atoms with E-state index in [-0.39, 0.29) is 24.0 Å². The van der Waals surface area contributed by atoms with Crippen LogP contribution in [0.4, 0.5) is 0 Å². The number of hydrogen-bond donors (Lipinski definition) is 1. The highest BCUT2D eigenvalue weighted by Gasteiger charge is 2.53. The van der Waals surface area contributed by atoms with E-state index in [1.54, 1.807) is 0 Å². The van der Waals surface area contributed by atoms with E-state index in [4.69, 9.17) is 4.74 Å². The summed E-state index contributed by atoms with van der Waals surface area (Å²) in [6, 6.07) is 0. The number of piperazine rings is 1. The van der Waals surface area contributed by atoms with Crippen LogP contribution in [-0.2, 0) is 9.53 Å². The molecule has 0 radical (unpaired) electrons. The van der Waals surface area contributed by atoms with Gasteiger partial charge in [0.1, 0.15) is 0 Å². The average molecular weight is 517 g/mol. The molecule has 2 bridgehead atoms. The fourth-order valence-corrected chi connectivity index (χ4v) is 5.90. The Balaban J connectivity index is 0.00000205. The predicted molar refractivity (Wildman–Crippen MR) is 124 cm³/mol. The zero-order chi connectivity index (χ0) is 19.1. The van der Waals surface area contributed by atoms with E-state index >= 15 is 0 Å². The first-order chi connectivity index (χ1) is 13.7. The normalized spacial score (nSPS) is 34.7. The van der Waals surface area contributed by atoms with Crippen LogP contribution in [0.25, 0.3) is 0 Å². The maximum absolute atomic E-state index is 12.4. The number of aliphatic imine (C=N–C) groups is 1. The molecule has 4 heterocycles. The van der Waals surface area contributed by atoms with E-state index in [0.29, 0.717) is 35.9 Å². The second-order valence-corrected chi connectivity index (χ2v) is 9.29. The SMILES string of the molecule is CN=C(NCCN1CCN(C(=O)C2CCC2)CC1)N1CC2C3CCC(O3)C2C1.I. The Labute approximate surface area is 191 Å². The van der Waals surface area contributed by atoms with E-state index in [1.807, 2.05) is 7.05 Å². The monoisotopic (exact) mass is 517 g/mol. The molecule has 0 spiro atoms. The summed E-state index contributed by atoms with van der Waals surface area (Å²) >= 11 is 0. The molecule has 4 saturated heterocycles. The lowest BCUT2D eigenvalue weighted by Crippen LogP contribution is -2.52. The van der Waals surface area contributed by atoms with E-state index in [9.17, 15) is 4.79 Å². The third-order valence-corrected chi connectivity index (χ3v) is 7.81. The van der Waals surface area contributed by atoms with Crippen LogP contribution >= 0.6 is 24.0 Å². The molecule has 1 N–H and O–H groups in total. The van der Waals surface area contributed by atoms with Crippen LogP contribution in [0.5, 0.6) is 0 Å². The summed E-state index contributed by atoms with van der Waals surface area (Å²) in [5.74, 6) is 3.20. The number of likely N-dealkylation sites (tertiary alicyclic amines) is 1. The lowest BCUT2D eigenvalue weighted by atomic mass is 9.82. The number of nitrogens with zero attached hydrogens (tertiary/aromatic N) is 4. The number of amides is 1. The minimum absolute atomic E-state index is 0. The van der Waals surface area contributed by atoms with Gasteiger partial charge in [-0.15, -0.1) is 24.0 Å². The Morgan fingerprint density at radius 1 is 1.00 bits per heavy atom. The lowest BCUT2D eigenvalue weighted by molar-refractivity contribution is -0.139. The van der Waals surface area contributed by atoms with Crippen molar-refractivity contribution in [2.75, 3.05) is 59.4 Å². The summed E-state index contributed by atoms with van der Waals surface area (Å²) in [5.41, 5.74) is 0. The molecule has 4 unspecified atom stereocenters. The van der Waals surface area contributed by atoms with Crippen LogP contribution < -0.4 is 5.32 Å². The van der Waals surface area contributed by atoms with Crippen molar-refractivity contribution in [3.8, 4) is 0 Å². The largest absolute Gasteiger partial charge is 0.374 e. The minimum atomic E-state index is 0. The van der Waals surface area contributed by atoms with Gasteiger partial charge in [-0.1, -0.05) is 6.42 Å². The van der Waals surface area contributed by atoms with Gasteiger partial charge in [0.2, 0.25) is 5.91 Å². The Morgan fingerprint density at radius 3 is 2.21 bits per heavy atom. The summed E-state index contributed by atoms with van der Waals surface area (Å²) in [4.78, 5) is 23.9. The van der Waals surface area contributed by atoms with Gasteiger partial charge in [-0.3, -0.25) is 14.7 Å². The number of hydrogen-bond acceptors (Lipinski definition) is 4. The number of carbonyl (C=O) groups is 1. The fraction of sp³-hybridized carbons (Fsp3) is 0.905. The number of halogens is 1. The number of carbonyl (C=O) groups excluding carboxylic acids is 1. The third-order valence-electron chi connectivity index (χ3n) is 7.81. The van der Waals surface area contributed by atoms with Crippen LogP contribution in [0, 0.1) is 17.8 Å². The number of guanidine groups is 1. The number of fused-ring (bicyclic) bond motifs is 5. The Hall–Kier alpha value is -0.610. The van der Waals surface area contributed by atoms with Crippen LogP contribution in [0.1, 0.15) is 32.1 Å². The third kappa shape index (κ3) is 4.26. The molecule has 5 aliphatic rings. The molecule has 5 fully saturated rings. The molecule has 4 aliphatic heterocycles. The molecule has 0 aromatic carbocycles. The zero-order valence-corrected chi connectivity index (χ0v) is 19.9. The molecule has 1 amide bonds. The highest BCUT2D eigenvalue weighted by atomic mass is 127. The molecule has 0 aromatic heterocycles. The summed E-state index contributed by atoms with van der Waals surface area (Å²) in [5, 5.41) is 3.58. The minimum Gasteiger partial charge on any atom is -0.374 e. The molecule has 1 aliphatic carbocycles. The molecular weight excluding hydrogens is 481 g/mol. The van der Waals surface area contributed by atoms with Crippen molar-refractivity contribution in [2.24, 2.45) is 22.7 Å². The smallest absolute Gasteiger partial charge is 0.225 e. The maximum atomic E-state index is 12.4. The summed E-state index contributed by atoms with van der Waals surface area (Å²) in [7, 11) is 1.90. The van der Waals surface area contributed by atoms with Crippen molar-refractivity contribution in [3.63, 3.8) is 0 Å². The molecular formula is C21H36IN5O2. The molecule has 29 heavy (non-hydrogen) atoms. The van der Waals surface area contributed by atoms with Crippen LogP contribution in [0.2, 0.25) is 0 Å². The van der Waals surface area contributed by atoms with Gasteiger partial charge in [0.25, 0.3) is 0 Å². The Bertz CT molecular complexity index is 602. The van der Waals surface area contributed by atoms with Crippen molar-refractivity contribution in [1.82, 2.24) is 20.0 Å². The topological polar surface area (TPSA) is 60.4 Å². The van der Waals surface area contributed by atoms with E-state index < -0.39 is 0 Å². The quantitative estimate of drug-likeness (QED) is 0.346. The average Bonchev–Trinajstić information content (AvgIpc) is 3.37. The molecule has 5 rings (SSSR count). The van der Waals surface area contributed by atoms with E-state index in [2.05, 4.69) is 25.0 Å². The van der Waals surface area contributed by atoms with Gasteiger partial charge in [-0.2, -0.15) is 0 Å². The standard InChI is InChI=1S/C21H35N5O2.HI/c1-22-21(26-13-16-17(14-26)19-6-5-18(16)28-19)23-7-8-24-9-11-25(12-10-24)20(27)15-3-2-4-15;/h15-19H,2-14H2,1H3,(H,22,23);1H. The second kappa shape index (κ2) is 9.26. The molecule has 4 atom stereocenters. The molecule has 8 heteroatoms. The number of ether oxygens (including phenoxy) is 1. The van der Waals surface area contributed by atoms with Crippen molar-refractivity contribution < 1.29 is 9.53 Å². The van der Waals surface area contributed by atoms with Gasteiger partial charge in [0.15, 0.2) is 5.96 Å². The van der Waals surface area contributed by atoms with Gasteiger partial charge in [0.05, 0.1) is 12.2 Å². The first-order valence-corrected chi connectivity index (χ1v) is 11.3. The predicted octanol–water partition coefficient (Wildman–Crippen LogP) is 1.23. The number of nitrogens with one attached hydrogen (secondary N) is 1. The zero-order valence-electron chi connectivity index (χ0n) is 17.6. The van der Waals surface area contributed by atoms with Gasteiger partial charge in [-0.05, 0) is 25.7 Å². The fourth-order valence-electron chi connectivity index (χ4n) is 5.90. The van der Waals surface area contributed by atoms with Gasteiger partial charge < -0.3 is 19.9 Å². The van der Waals surface area contributed by atoms with Crippen LogP contribution in [-0.4, -0.2) is 98.2 Å².